The van der Waals surface area contributed by atoms with Gasteiger partial charge in [-0.2, -0.15) is 0 Å². The summed E-state index contributed by atoms with van der Waals surface area (Å²) in [5.41, 5.74) is 0.788. The molecule has 1 aliphatic heterocycles. The largest absolute Gasteiger partial charge is 0.374 e. The first-order chi connectivity index (χ1) is 6.58. The highest BCUT2D eigenvalue weighted by molar-refractivity contribution is 5.06. The summed E-state index contributed by atoms with van der Waals surface area (Å²) in [7, 11) is 0. The van der Waals surface area contributed by atoms with Crippen LogP contribution in [0.1, 0.15) is 60.3 Å². The van der Waals surface area contributed by atoms with Gasteiger partial charge in [0.1, 0.15) is 0 Å². The fraction of sp³-hybridized carbons (Fsp3) is 1.00. The lowest BCUT2D eigenvalue weighted by molar-refractivity contribution is -0.0736. The monoisotopic (exact) mass is 198 g/mol. The van der Waals surface area contributed by atoms with Crippen LogP contribution in [0.3, 0.4) is 0 Å². The van der Waals surface area contributed by atoms with Gasteiger partial charge in [0.2, 0.25) is 0 Å². The molecule has 0 aromatic carbocycles. The molecular weight excluding hydrogens is 172 g/mol. The van der Waals surface area contributed by atoms with Crippen LogP contribution in [-0.2, 0) is 4.74 Å². The summed E-state index contributed by atoms with van der Waals surface area (Å²) in [6.45, 7) is 11.9. The Morgan fingerprint density at radius 3 is 2.21 bits per heavy atom. The zero-order valence-electron chi connectivity index (χ0n) is 10.5. The molecular formula is C13H26O. The van der Waals surface area contributed by atoms with Crippen molar-refractivity contribution in [1.29, 1.82) is 0 Å². The fourth-order valence-corrected chi connectivity index (χ4v) is 2.39. The Hall–Kier alpha value is -0.0400. The molecule has 1 heteroatoms. The molecule has 14 heavy (non-hydrogen) atoms. The Bertz CT molecular complexity index is 174. The molecule has 2 atom stereocenters. The summed E-state index contributed by atoms with van der Waals surface area (Å²) < 4.78 is 6.00. The number of hydrogen-bond acceptors (Lipinski definition) is 1. The zero-order valence-corrected chi connectivity index (χ0v) is 10.5. The summed E-state index contributed by atoms with van der Waals surface area (Å²) in [5, 5.41) is 0. The lowest BCUT2D eigenvalue weighted by Crippen LogP contribution is -2.34. The van der Waals surface area contributed by atoms with Crippen molar-refractivity contribution < 1.29 is 4.74 Å². The van der Waals surface area contributed by atoms with Crippen LogP contribution < -0.4 is 0 Å². The summed E-state index contributed by atoms with van der Waals surface area (Å²) in [4.78, 5) is 0. The van der Waals surface area contributed by atoms with Gasteiger partial charge in [0, 0.05) is 0 Å². The van der Waals surface area contributed by atoms with E-state index in [0.717, 1.165) is 12.5 Å². The van der Waals surface area contributed by atoms with Crippen molar-refractivity contribution in [3.63, 3.8) is 0 Å². The van der Waals surface area contributed by atoms with E-state index in [1.165, 1.54) is 25.7 Å². The molecule has 2 unspecified atom stereocenters. The quantitative estimate of drug-likeness (QED) is 0.618. The zero-order chi connectivity index (χ0) is 10.8. The van der Waals surface area contributed by atoms with Gasteiger partial charge in [0.05, 0.1) is 12.2 Å². The maximum absolute atomic E-state index is 6.00. The SMILES string of the molecule is CC.CCC1CC12CCC(C)(C)CO2. The first-order valence-electron chi connectivity index (χ1n) is 6.22. The van der Waals surface area contributed by atoms with E-state index >= 15 is 0 Å². The molecule has 0 radical (unpaired) electrons. The average Bonchev–Trinajstić information content (AvgIpc) is 2.89. The van der Waals surface area contributed by atoms with Crippen LogP contribution in [0.2, 0.25) is 0 Å². The minimum Gasteiger partial charge on any atom is -0.374 e. The van der Waals surface area contributed by atoms with Gasteiger partial charge in [-0.15, -0.1) is 0 Å². The third-order valence-corrected chi connectivity index (χ3v) is 3.64. The van der Waals surface area contributed by atoms with E-state index in [9.17, 15) is 0 Å². The maximum atomic E-state index is 6.00. The normalized spacial score (nSPS) is 38.8. The Morgan fingerprint density at radius 2 is 1.86 bits per heavy atom. The molecule has 2 aliphatic rings. The van der Waals surface area contributed by atoms with Crippen molar-refractivity contribution in [3.8, 4) is 0 Å². The fourth-order valence-electron chi connectivity index (χ4n) is 2.39. The molecule has 84 valence electrons. The van der Waals surface area contributed by atoms with E-state index in [1.54, 1.807) is 0 Å². The minimum absolute atomic E-state index is 0.351. The highest BCUT2D eigenvalue weighted by Gasteiger charge is 2.56. The van der Waals surface area contributed by atoms with Crippen LogP contribution >= 0.6 is 0 Å². The van der Waals surface area contributed by atoms with Gasteiger partial charge in [-0.1, -0.05) is 41.0 Å². The van der Waals surface area contributed by atoms with E-state index in [0.29, 0.717) is 11.0 Å². The van der Waals surface area contributed by atoms with Crippen LogP contribution in [0.5, 0.6) is 0 Å². The Kier molecular flexibility index (Phi) is 3.63. The first-order valence-corrected chi connectivity index (χ1v) is 6.22. The molecule has 0 N–H and O–H groups in total. The maximum Gasteiger partial charge on any atom is 0.0715 e. The third kappa shape index (κ3) is 2.31. The predicted molar refractivity (Wildman–Crippen MR) is 61.4 cm³/mol. The molecule has 2 fully saturated rings. The second-order valence-corrected chi connectivity index (χ2v) is 5.33. The van der Waals surface area contributed by atoms with Gasteiger partial charge >= 0.3 is 0 Å². The summed E-state index contributed by atoms with van der Waals surface area (Å²) in [5.74, 6) is 0.883. The third-order valence-electron chi connectivity index (χ3n) is 3.64. The van der Waals surface area contributed by atoms with Gasteiger partial charge in [0.25, 0.3) is 0 Å². The van der Waals surface area contributed by atoms with Crippen LogP contribution in [0.4, 0.5) is 0 Å². The van der Waals surface area contributed by atoms with E-state index in [2.05, 4.69) is 20.8 Å². The number of ether oxygens (including phenoxy) is 1. The molecule has 0 aromatic heterocycles. The van der Waals surface area contributed by atoms with E-state index in [1.807, 2.05) is 13.8 Å². The number of hydrogen-bond donors (Lipinski definition) is 0. The highest BCUT2D eigenvalue weighted by atomic mass is 16.5. The molecule has 1 nitrogen and oxygen atoms in total. The minimum atomic E-state index is 0.351. The second-order valence-electron chi connectivity index (χ2n) is 5.33. The highest BCUT2D eigenvalue weighted by Crippen LogP contribution is 2.56. The molecule has 0 amide bonds. The molecule has 1 spiro atoms. The Labute approximate surface area is 89.2 Å². The Balaban J connectivity index is 0.000000461. The number of rotatable bonds is 1. The molecule has 0 bridgehead atoms. The van der Waals surface area contributed by atoms with Crippen molar-refractivity contribution in [1.82, 2.24) is 0 Å². The standard InChI is InChI=1S/C11H20O.C2H6/c1-4-9-7-11(9)6-5-10(2,3)8-12-11;1-2/h9H,4-8H2,1-3H3;1-2H3. The summed E-state index contributed by atoms with van der Waals surface area (Å²) in [6, 6.07) is 0. The van der Waals surface area contributed by atoms with E-state index in [-0.39, 0.29) is 0 Å². The first kappa shape index (κ1) is 12.0. The molecule has 2 rings (SSSR count). The van der Waals surface area contributed by atoms with Gasteiger partial charge in [-0.05, 0) is 30.6 Å². The summed E-state index contributed by atoms with van der Waals surface area (Å²) >= 11 is 0. The molecule has 1 saturated heterocycles. The summed E-state index contributed by atoms with van der Waals surface area (Å²) in [6.07, 6.45) is 5.29. The smallest absolute Gasteiger partial charge is 0.0715 e. The molecule has 1 saturated carbocycles. The topological polar surface area (TPSA) is 9.23 Å². The Morgan fingerprint density at radius 1 is 1.21 bits per heavy atom. The van der Waals surface area contributed by atoms with Crippen LogP contribution in [0.15, 0.2) is 0 Å². The van der Waals surface area contributed by atoms with E-state index < -0.39 is 0 Å². The predicted octanol–water partition coefficient (Wildman–Crippen LogP) is 4.02. The average molecular weight is 198 g/mol. The van der Waals surface area contributed by atoms with E-state index in [4.69, 9.17) is 4.74 Å². The second kappa shape index (κ2) is 4.22. The van der Waals surface area contributed by atoms with Gasteiger partial charge < -0.3 is 4.74 Å². The molecule has 1 heterocycles. The molecule has 1 aliphatic carbocycles. The van der Waals surface area contributed by atoms with Crippen LogP contribution in [0.25, 0.3) is 0 Å². The van der Waals surface area contributed by atoms with Gasteiger partial charge in [-0.25, -0.2) is 0 Å². The van der Waals surface area contributed by atoms with Crippen molar-refractivity contribution >= 4 is 0 Å². The molecule has 0 aromatic rings. The lowest BCUT2D eigenvalue weighted by Gasteiger charge is -2.35. The van der Waals surface area contributed by atoms with Gasteiger partial charge in [-0.3, -0.25) is 0 Å². The van der Waals surface area contributed by atoms with Gasteiger partial charge in [0.15, 0.2) is 0 Å². The van der Waals surface area contributed by atoms with Crippen LogP contribution in [0, 0.1) is 11.3 Å². The van der Waals surface area contributed by atoms with Crippen molar-refractivity contribution in [2.24, 2.45) is 11.3 Å². The lowest BCUT2D eigenvalue weighted by atomic mass is 9.84. The van der Waals surface area contributed by atoms with Crippen molar-refractivity contribution in [2.75, 3.05) is 6.61 Å². The van der Waals surface area contributed by atoms with Crippen molar-refractivity contribution in [3.05, 3.63) is 0 Å². The van der Waals surface area contributed by atoms with Crippen molar-refractivity contribution in [2.45, 2.75) is 65.9 Å². The van der Waals surface area contributed by atoms with Crippen LogP contribution in [-0.4, -0.2) is 12.2 Å².